The van der Waals surface area contributed by atoms with Crippen molar-refractivity contribution in [3.05, 3.63) is 29.3 Å². The third kappa shape index (κ3) is 3.20. The molecule has 0 fully saturated rings. The average molecular weight is 222 g/mol. The van der Waals surface area contributed by atoms with E-state index >= 15 is 0 Å². The van der Waals surface area contributed by atoms with Gasteiger partial charge in [-0.25, -0.2) is 0 Å². The Hall–Kier alpha value is -1.09. The molecule has 0 bridgehead atoms. The molecule has 0 aromatic heterocycles. The smallest absolute Gasteiger partial charge is 0.170 e. The van der Waals surface area contributed by atoms with Gasteiger partial charge >= 0.3 is 0 Å². The third-order valence-corrected chi connectivity index (χ3v) is 2.56. The summed E-state index contributed by atoms with van der Waals surface area (Å²) < 4.78 is 0. The summed E-state index contributed by atoms with van der Waals surface area (Å²) in [5.74, 6) is 0. The summed E-state index contributed by atoms with van der Waals surface area (Å²) in [6, 6.07) is 6.30. The normalized spacial score (nSPS) is 9.80. The van der Waals surface area contributed by atoms with E-state index in [0.29, 0.717) is 5.11 Å². The molecule has 0 unspecified atom stereocenters. The zero-order chi connectivity index (χ0) is 11.3. The van der Waals surface area contributed by atoms with Gasteiger partial charge in [0.1, 0.15) is 0 Å². The molecule has 0 atom stereocenters. The SMILES string of the molecule is CCNC(=S)Nc1c(C)cccc1CC. The van der Waals surface area contributed by atoms with E-state index in [1.54, 1.807) is 0 Å². The fraction of sp³-hybridized carbons (Fsp3) is 0.417. The Kier molecular flexibility index (Phi) is 4.56. The van der Waals surface area contributed by atoms with Crippen molar-refractivity contribution >= 4 is 23.0 Å². The Balaban J connectivity index is 2.87. The molecule has 0 heterocycles. The maximum absolute atomic E-state index is 5.18. The number of hydrogen-bond acceptors (Lipinski definition) is 1. The van der Waals surface area contributed by atoms with Gasteiger partial charge in [-0.3, -0.25) is 0 Å². The molecule has 1 aromatic rings. The van der Waals surface area contributed by atoms with E-state index in [0.717, 1.165) is 18.7 Å². The van der Waals surface area contributed by atoms with Crippen LogP contribution in [0, 0.1) is 6.92 Å². The van der Waals surface area contributed by atoms with Crippen molar-refractivity contribution in [1.82, 2.24) is 5.32 Å². The largest absolute Gasteiger partial charge is 0.363 e. The highest BCUT2D eigenvalue weighted by atomic mass is 32.1. The minimum absolute atomic E-state index is 0.696. The Bertz CT molecular complexity index is 347. The van der Waals surface area contributed by atoms with Crippen molar-refractivity contribution in [2.75, 3.05) is 11.9 Å². The second kappa shape index (κ2) is 5.71. The molecule has 0 spiro atoms. The van der Waals surface area contributed by atoms with Crippen LogP contribution in [0.4, 0.5) is 5.69 Å². The fourth-order valence-electron chi connectivity index (χ4n) is 1.52. The Labute approximate surface area is 97.1 Å². The third-order valence-electron chi connectivity index (χ3n) is 2.32. The number of nitrogens with one attached hydrogen (secondary N) is 2. The summed E-state index contributed by atoms with van der Waals surface area (Å²) in [6.45, 7) is 7.12. The molecule has 0 aliphatic heterocycles. The minimum Gasteiger partial charge on any atom is -0.363 e. The quantitative estimate of drug-likeness (QED) is 0.769. The molecule has 1 rings (SSSR count). The molecule has 1 aromatic carbocycles. The molecule has 2 nitrogen and oxygen atoms in total. The summed E-state index contributed by atoms with van der Waals surface area (Å²) >= 11 is 5.18. The summed E-state index contributed by atoms with van der Waals surface area (Å²) in [5.41, 5.74) is 3.68. The monoisotopic (exact) mass is 222 g/mol. The van der Waals surface area contributed by atoms with Crippen LogP contribution in [-0.2, 0) is 6.42 Å². The summed E-state index contributed by atoms with van der Waals surface area (Å²) in [7, 11) is 0. The number of anilines is 1. The first kappa shape index (κ1) is 12.0. The van der Waals surface area contributed by atoms with Crippen LogP contribution in [0.2, 0.25) is 0 Å². The zero-order valence-electron chi connectivity index (χ0n) is 9.55. The van der Waals surface area contributed by atoms with Crippen molar-refractivity contribution in [3.8, 4) is 0 Å². The Morgan fingerprint density at radius 2 is 2.07 bits per heavy atom. The maximum Gasteiger partial charge on any atom is 0.170 e. The number of thiocarbonyl (C=S) groups is 1. The van der Waals surface area contributed by atoms with E-state index in [1.165, 1.54) is 11.1 Å². The van der Waals surface area contributed by atoms with Crippen LogP contribution in [0.15, 0.2) is 18.2 Å². The number of aryl methyl sites for hydroxylation is 2. The topological polar surface area (TPSA) is 24.1 Å². The summed E-state index contributed by atoms with van der Waals surface area (Å²) in [5, 5.41) is 7.04. The second-order valence-electron chi connectivity index (χ2n) is 3.45. The van der Waals surface area contributed by atoms with E-state index in [4.69, 9.17) is 12.2 Å². The van der Waals surface area contributed by atoms with E-state index < -0.39 is 0 Å². The van der Waals surface area contributed by atoms with Crippen LogP contribution in [0.5, 0.6) is 0 Å². The lowest BCUT2D eigenvalue weighted by Crippen LogP contribution is -2.28. The van der Waals surface area contributed by atoms with Crippen molar-refractivity contribution in [2.45, 2.75) is 27.2 Å². The van der Waals surface area contributed by atoms with Gasteiger partial charge in [-0.15, -0.1) is 0 Å². The van der Waals surface area contributed by atoms with Crippen molar-refractivity contribution in [3.63, 3.8) is 0 Å². The van der Waals surface area contributed by atoms with Gasteiger partial charge in [-0.1, -0.05) is 25.1 Å². The summed E-state index contributed by atoms with van der Waals surface area (Å²) in [4.78, 5) is 0. The van der Waals surface area contributed by atoms with Gasteiger partial charge in [0.15, 0.2) is 5.11 Å². The molecule has 15 heavy (non-hydrogen) atoms. The highest BCUT2D eigenvalue weighted by Crippen LogP contribution is 2.20. The molecule has 0 aliphatic carbocycles. The van der Waals surface area contributed by atoms with Gasteiger partial charge in [-0.2, -0.15) is 0 Å². The second-order valence-corrected chi connectivity index (χ2v) is 3.86. The van der Waals surface area contributed by atoms with Gasteiger partial charge < -0.3 is 10.6 Å². The Morgan fingerprint density at radius 3 is 2.67 bits per heavy atom. The Morgan fingerprint density at radius 1 is 1.33 bits per heavy atom. The average Bonchev–Trinajstić information content (AvgIpc) is 2.21. The molecule has 0 radical (unpaired) electrons. The number of para-hydroxylation sites is 1. The predicted octanol–water partition coefficient (Wildman–Crippen LogP) is 2.86. The highest BCUT2D eigenvalue weighted by molar-refractivity contribution is 7.80. The summed E-state index contributed by atoms with van der Waals surface area (Å²) in [6.07, 6.45) is 1.01. The first-order valence-electron chi connectivity index (χ1n) is 5.32. The minimum atomic E-state index is 0.696. The van der Waals surface area contributed by atoms with Crippen LogP contribution in [0.1, 0.15) is 25.0 Å². The molecular weight excluding hydrogens is 204 g/mol. The van der Waals surface area contributed by atoms with Crippen LogP contribution in [-0.4, -0.2) is 11.7 Å². The number of hydrogen-bond donors (Lipinski definition) is 2. The molecule has 0 amide bonds. The zero-order valence-corrected chi connectivity index (χ0v) is 10.4. The molecule has 0 saturated carbocycles. The van der Waals surface area contributed by atoms with Crippen LogP contribution < -0.4 is 10.6 Å². The van der Waals surface area contributed by atoms with Crippen molar-refractivity contribution in [2.24, 2.45) is 0 Å². The molecule has 0 saturated heterocycles. The van der Waals surface area contributed by atoms with Gasteiger partial charge in [0.05, 0.1) is 0 Å². The van der Waals surface area contributed by atoms with Gasteiger partial charge in [0, 0.05) is 12.2 Å². The first-order valence-corrected chi connectivity index (χ1v) is 5.73. The van der Waals surface area contributed by atoms with Crippen LogP contribution >= 0.6 is 12.2 Å². The van der Waals surface area contributed by atoms with Gasteiger partial charge in [0.25, 0.3) is 0 Å². The molecule has 82 valence electrons. The van der Waals surface area contributed by atoms with E-state index in [1.807, 2.05) is 6.92 Å². The maximum atomic E-state index is 5.18. The first-order chi connectivity index (χ1) is 7.19. The molecular formula is C12H18N2S. The highest BCUT2D eigenvalue weighted by Gasteiger charge is 2.04. The van der Waals surface area contributed by atoms with Crippen molar-refractivity contribution in [1.29, 1.82) is 0 Å². The lowest BCUT2D eigenvalue weighted by molar-refractivity contribution is 0.978. The lowest BCUT2D eigenvalue weighted by atomic mass is 10.1. The van der Waals surface area contributed by atoms with Gasteiger partial charge in [-0.05, 0) is 43.6 Å². The number of rotatable bonds is 3. The van der Waals surface area contributed by atoms with Crippen LogP contribution in [0.3, 0.4) is 0 Å². The fourth-order valence-corrected chi connectivity index (χ4v) is 1.77. The molecule has 0 aliphatic rings. The van der Waals surface area contributed by atoms with Crippen LogP contribution in [0.25, 0.3) is 0 Å². The standard InChI is InChI=1S/C12H18N2S/c1-4-10-8-6-7-9(3)11(10)14-12(15)13-5-2/h6-8H,4-5H2,1-3H3,(H2,13,14,15). The predicted molar refractivity (Wildman–Crippen MR) is 70.5 cm³/mol. The van der Waals surface area contributed by atoms with E-state index in [-0.39, 0.29) is 0 Å². The lowest BCUT2D eigenvalue weighted by Gasteiger charge is -2.14. The molecule has 2 N–H and O–H groups in total. The van der Waals surface area contributed by atoms with Crippen molar-refractivity contribution < 1.29 is 0 Å². The van der Waals surface area contributed by atoms with E-state index in [2.05, 4.69) is 42.7 Å². The van der Waals surface area contributed by atoms with E-state index in [9.17, 15) is 0 Å². The van der Waals surface area contributed by atoms with Gasteiger partial charge in [0.2, 0.25) is 0 Å². The molecule has 3 heteroatoms. The number of benzene rings is 1.